The smallest absolute Gasteiger partial charge is 0.299 e. The van der Waals surface area contributed by atoms with E-state index in [4.69, 9.17) is 6.42 Å². The molecule has 0 aromatic carbocycles. The van der Waals surface area contributed by atoms with Gasteiger partial charge >= 0.3 is 0 Å². The summed E-state index contributed by atoms with van der Waals surface area (Å²) in [5.41, 5.74) is 0. The molecule has 0 aliphatic heterocycles. The molecular formula is C19H26N2O2S. The van der Waals surface area contributed by atoms with E-state index >= 15 is 0 Å². The van der Waals surface area contributed by atoms with Crippen molar-refractivity contribution < 1.29 is 9.59 Å². The minimum absolute atomic E-state index is 0.117. The average Bonchev–Trinajstić information content (AvgIpc) is 3.08. The summed E-state index contributed by atoms with van der Waals surface area (Å²) < 4.78 is 0. The Balaban J connectivity index is 2.23. The van der Waals surface area contributed by atoms with Gasteiger partial charge in [-0.05, 0) is 36.1 Å². The first-order valence-electron chi connectivity index (χ1n) is 8.64. The molecule has 0 spiro atoms. The van der Waals surface area contributed by atoms with Crippen LogP contribution in [-0.4, -0.2) is 29.3 Å². The number of nitrogens with one attached hydrogen (secondary N) is 1. The molecule has 1 unspecified atom stereocenters. The molecule has 0 saturated heterocycles. The van der Waals surface area contributed by atoms with Gasteiger partial charge in [-0.1, -0.05) is 39.2 Å². The van der Waals surface area contributed by atoms with Crippen LogP contribution >= 0.6 is 11.3 Å². The first kappa shape index (κ1) is 18.5. The van der Waals surface area contributed by atoms with Gasteiger partial charge in [-0.25, -0.2) is 0 Å². The highest BCUT2D eigenvalue weighted by molar-refractivity contribution is 7.10. The van der Waals surface area contributed by atoms with Crippen LogP contribution in [-0.2, 0) is 9.59 Å². The number of nitrogens with zero attached hydrogens (tertiary/aromatic N) is 1. The molecule has 2 amide bonds. The van der Waals surface area contributed by atoms with Crippen molar-refractivity contribution in [2.75, 3.05) is 6.54 Å². The molecule has 5 heteroatoms. The summed E-state index contributed by atoms with van der Waals surface area (Å²) in [4.78, 5) is 27.7. The van der Waals surface area contributed by atoms with Crippen LogP contribution in [0.2, 0.25) is 0 Å². The monoisotopic (exact) mass is 346 g/mol. The number of carbonyl (C=O) groups is 2. The summed E-state index contributed by atoms with van der Waals surface area (Å²) in [7, 11) is 0. The van der Waals surface area contributed by atoms with E-state index in [2.05, 4.69) is 11.2 Å². The van der Waals surface area contributed by atoms with E-state index < -0.39 is 11.9 Å². The molecule has 1 aliphatic carbocycles. The van der Waals surface area contributed by atoms with E-state index in [1.54, 1.807) is 0 Å². The van der Waals surface area contributed by atoms with Crippen molar-refractivity contribution in [1.82, 2.24) is 10.2 Å². The summed E-state index contributed by atoms with van der Waals surface area (Å²) in [6.07, 6.45) is 10.9. The van der Waals surface area contributed by atoms with Gasteiger partial charge < -0.3 is 10.2 Å². The molecule has 1 aliphatic rings. The predicted octanol–water partition coefficient (Wildman–Crippen LogP) is 3.36. The van der Waals surface area contributed by atoms with Crippen LogP contribution in [0.15, 0.2) is 17.5 Å². The lowest BCUT2D eigenvalue weighted by Gasteiger charge is -2.32. The maximum Gasteiger partial charge on any atom is 0.299 e. The zero-order valence-corrected chi connectivity index (χ0v) is 15.3. The number of hydrogen-bond donors (Lipinski definition) is 1. The lowest BCUT2D eigenvalue weighted by atomic mass is 9.95. The zero-order chi connectivity index (χ0) is 17.5. The van der Waals surface area contributed by atoms with E-state index in [-0.39, 0.29) is 17.9 Å². The van der Waals surface area contributed by atoms with Crippen molar-refractivity contribution in [3.05, 3.63) is 22.4 Å². The maximum atomic E-state index is 13.0. The highest BCUT2D eigenvalue weighted by Gasteiger charge is 2.33. The van der Waals surface area contributed by atoms with Crippen molar-refractivity contribution in [2.24, 2.45) is 5.92 Å². The number of amides is 2. The van der Waals surface area contributed by atoms with Crippen LogP contribution < -0.4 is 5.32 Å². The zero-order valence-electron chi connectivity index (χ0n) is 14.5. The van der Waals surface area contributed by atoms with E-state index in [0.717, 1.165) is 30.6 Å². The Morgan fingerprint density at radius 2 is 2.08 bits per heavy atom. The van der Waals surface area contributed by atoms with Crippen molar-refractivity contribution in [1.29, 1.82) is 0 Å². The topological polar surface area (TPSA) is 49.4 Å². The Hall–Kier alpha value is -1.80. The molecule has 1 heterocycles. The first-order chi connectivity index (χ1) is 11.5. The number of hydrogen-bond acceptors (Lipinski definition) is 3. The highest BCUT2D eigenvalue weighted by atomic mass is 32.1. The lowest BCUT2D eigenvalue weighted by molar-refractivity contribution is -0.137. The van der Waals surface area contributed by atoms with E-state index in [0.29, 0.717) is 6.54 Å². The highest BCUT2D eigenvalue weighted by Crippen LogP contribution is 2.28. The van der Waals surface area contributed by atoms with Crippen LogP contribution in [0.5, 0.6) is 0 Å². The van der Waals surface area contributed by atoms with Gasteiger partial charge in [0.1, 0.15) is 6.04 Å². The van der Waals surface area contributed by atoms with Gasteiger partial charge in [-0.3, -0.25) is 9.59 Å². The molecule has 1 N–H and O–H groups in total. The molecule has 4 nitrogen and oxygen atoms in total. The van der Waals surface area contributed by atoms with Crippen LogP contribution in [0.3, 0.4) is 0 Å². The molecule has 24 heavy (non-hydrogen) atoms. The third kappa shape index (κ3) is 4.85. The fraction of sp³-hybridized carbons (Fsp3) is 0.579. The molecule has 1 saturated carbocycles. The van der Waals surface area contributed by atoms with Gasteiger partial charge in [0, 0.05) is 17.5 Å². The largest absolute Gasteiger partial charge is 0.351 e. The van der Waals surface area contributed by atoms with Gasteiger partial charge in [0.05, 0.1) is 0 Å². The number of carbonyl (C=O) groups excluding carboxylic acids is 2. The fourth-order valence-electron chi connectivity index (χ4n) is 3.18. The SMILES string of the molecule is C#CC(=O)N(CC(C)C)C(C(=O)NC1CCCCC1)c1cccs1. The van der Waals surface area contributed by atoms with E-state index in [1.807, 2.05) is 31.4 Å². The second-order valence-corrected chi connectivity index (χ2v) is 7.74. The van der Waals surface area contributed by atoms with Crippen molar-refractivity contribution in [3.63, 3.8) is 0 Å². The Labute approximate surface area is 148 Å². The van der Waals surface area contributed by atoms with Crippen molar-refractivity contribution >= 4 is 23.2 Å². The van der Waals surface area contributed by atoms with E-state index in [1.165, 1.54) is 22.7 Å². The summed E-state index contributed by atoms with van der Waals surface area (Å²) in [6, 6.07) is 3.36. The molecule has 0 bridgehead atoms. The fourth-order valence-corrected chi connectivity index (χ4v) is 4.01. The number of terminal acetylenes is 1. The molecule has 130 valence electrons. The quantitative estimate of drug-likeness (QED) is 0.803. The third-order valence-electron chi connectivity index (χ3n) is 4.27. The first-order valence-corrected chi connectivity index (χ1v) is 9.52. The summed E-state index contributed by atoms with van der Waals surface area (Å²) >= 11 is 1.48. The van der Waals surface area contributed by atoms with Crippen LogP contribution in [0.1, 0.15) is 56.9 Å². The van der Waals surface area contributed by atoms with Gasteiger partial charge in [0.25, 0.3) is 5.91 Å². The second-order valence-electron chi connectivity index (χ2n) is 6.76. The van der Waals surface area contributed by atoms with Crippen LogP contribution in [0.4, 0.5) is 0 Å². The van der Waals surface area contributed by atoms with Gasteiger partial charge in [0.15, 0.2) is 0 Å². The number of rotatable bonds is 6. The van der Waals surface area contributed by atoms with Crippen LogP contribution in [0.25, 0.3) is 0 Å². The van der Waals surface area contributed by atoms with Crippen molar-refractivity contribution in [2.45, 2.75) is 58.0 Å². The standard InChI is InChI=1S/C19H26N2O2S/c1-4-17(22)21(13-14(2)3)18(16-11-8-12-24-16)19(23)20-15-9-6-5-7-10-15/h1,8,11-12,14-15,18H,5-7,9-10,13H2,2-3H3,(H,20,23). The molecule has 1 atom stereocenters. The minimum atomic E-state index is -0.641. The third-order valence-corrected chi connectivity index (χ3v) is 5.20. The van der Waals surface area contributed by atoms with E-state index in [9.17, 15) is 9.59 Å². The molecule has 2 rings (SSSR count). The summed E-state index contributed by atoms with van der Waals surface area (Å²) in [6.45, 7) is 4.49. The Morgan fingerprint density at radius 1 is 1.38 bits per heavy atom. The van der Waals surface area contributed by atoms with Gasteiger partial charge in [0.2, 0.25) is 5.91 Å². The maximum absolute atomic E-state index is 13.0. The molecule has 0 radical (unpaired) electrons. The normalized spacial score (nSPS) is 16.4. The molecule has 1 aromatic rings. The summed E-state index contributed by atoms with van der Waals surface area (Å²) in [5, 5.41) is 5.07. The Bertz CT molecular complexity index is 583. The number of thiophene rings is 1. The lowest BCUT2D eigenvalue weighted by Crippen LogP contribution is -2.47. The summed E-state index contributed by atoms with van der Waals surface area (Å²) in [5.74, 6) is 1.87. The molecule has 1 fully saturated rings. The Morgan fingerprint density at radius 3 is 2.62 bits per heavy atom. The van der Waals surface area contributed by atoms with Crippen molar-refractivity contribution in [3.8, 4) is 12.3 Å². The van der Waals surface area contributed by atoms with Gasteiger partial charge in [-0.2, -0.15) is 0 Å². The van der Waals surface area contributed by atoms with Crippen LogP contribution in [0, 0.1) is 18.3 Å². The average molecular weight is 346 g/mol. The minimum Gasteiger partial charge on any atom is -0.351 e. The Kier molecular flexibility index (Phi) is 6.86. The predicted molar refractivity (Wildman–Crippen MR) is 97.5 cm³/mol. The molecule has 1 aromatic heterocycles. The second kappa shape index (κ2) is 8.89. The van der Waals surface area contributed by atoms with Gasteiger partial charge in [-0.15, -0.1) is 17.8 Å². The molecular weight excluding hydrogens is 320 g/mol.